The molecule has 0 fully saturated rings. The molecule has 3 radical (unpaired) electrons. The number of nitrogens with one attached hydrogen (secondary N) is 2. The molecule has 47 heavy (non-hydrogen) atoms. The number of ketones is 2. The van der Waals surface area contributed by atoms with Crippen LogP contribution in [0.5, 0.6) is 0 Å². The van der Waals surface area contributed by atoms with Crippen molar-refractivity contribution in [3.8, 4) is 0 Å². The van der Waals surface area contributed by atoms with E-state index in [0.29, 0.717) is 24.2 Å². The Morgan fingerprint density at radius 2 is 0.936 bits per heavy atom. The second-order valence-corrected chi connectivity index (χ2v) is 17.6. The van der Waals surface area contributed by atoms with Gasteiger partial charge in [0.25, 0.3) is 5.95 Å². The van der Waals surface area contributed by atoms with Crippen molar-refractivity contribution < 1.29 is 19.4 Å². The normalized spacial score (nSPS) is 17.8. The van der Waals surface area contributed by atoms with Gasteiger partial charge in [-0.2, -0.15) is 0 Å². The van der Waals surface area contributed by atoms with Crippen molar-refractivity contribution in [2.75, 3.05) is 13.1 Å². The predicted molar refractivity (Wildman–Crippen MR) is 200 cm³/mol. The quantitative estimate of drug-likeness (QED) is 0.114. The van der Waals surface area contributed by atoms with Crippen LogP contribution in [0.4, 0.5) is 0 Å². The number of carbonyl (C=O) groups excluding carboxylic acids is 2. The Labute approximate surface area is 297 Å². The smallest absolute Gasteiger partial charge is 0.275 e. The summed E-state index contributed by atoms with van der Waals surface area (Å²) in [6, 6.07) is 0. The minimum atomic E-state index is -0.304. The number of Topliss-reactive ketones (excluding diaryl/α,β-unsaturated/α-hetero) is 2. The third-order valence-electron chi connectivity index (χ3n) is 7.34. The van der Waals surface area contributed by atoms with Crippen LogP contribution in [0.3, 0.4) is 0 Å². The molecule has 3 N–H and O–H groups in total. The number of hydrogen-bond donors (Lipinski definition) is 3. The first-order chi connectivity index (χ1) is 20.6. The Morgan fingerprint density at radius 1 is 0.617 bits per heavy atom. The lowest BCUT2D eigenvalue weighted by molar-refractivity contribution is -0.113. The van der Waals surface area contributed by atoms with E-state index in [1.165, 1.54) is 0 Å². The molecule has 261 valence electrons. The molecule has 0 spiro atoms. The lowest BCUT2D eigenvalue weighted by Gasteiger charge is -2.30. The van der Waals surface area contributed by atoms with Crippen molar-refractivity contribution in [1.29, 1.82) is 0 Å². The number of allylic oxidation sites excluding steroid dienone is 11. The summed E-state index contributed by atoms with van der Waals surface area (Å²) in [5.74, 6) is 0.187. The number of ether oxygens (including phenoxy) is 1. The monoisotopic (exact) mass is 663 g/mol. The molecule has 2 rings (SSSR count). The fourth-order valence-corrected chi connectivity index (χ4v) is 4.40. The number of rotatable bonds is 6. The van der Waals surface area contributed by atoms with Crippen molar-refractivity contribution in [1.82, 2.24) is 10.6 Å². The highest BCUT2D eigenvalue weighted by Gasteiger charge is 2.32. The van der Waals surface area contributed by atoms with Gasteiger partial charge in [0.15, 0.2) is 11.6 Å². The van der Waals surface area contributed by atoms with Crippen molar-refractivity contribution >= 4 is 28.9 Å². The van der Waals surface area contributed by atoms with E-state index in [-0.39, 0.29) is 62.1 Å². The van der Waals surface area contributed by atoms with Crippen LogP contribution in [-0.4, -0.2) is 52.7 Å². The third kappa shape index (κ3) is 14.5. The molecule has 0 heterocycles. The van der Waals surface area contributed by atoms with E-state index in [0.717, 1.165) is 27.9 Å². The molecule has 0 aromatic rings. The van der Waals surface area contributed by atoms with Crippen LogP contribution in [0.15, 0.2) is 81.7 Å². The Hall–Kier alpha value is -2.75. The third-order valence-corrected chi connectivity index (χ3v) is 7.34. The summed E-state index contributed by atoms with van der Waals surface area (Å²) in [4.78, 5) is 26.3. The van der Waals surface area contributed by atoms with Crippen LogP contribution in [0.1, 0.15) is 118 Å². The molecule has 0 amide bonds. The van der Waals surface area contributed by atoms with Crippen molar-refractivity contribution in [2.24, 2.45) is 21.7 Å². The van der Waals surface area contributed by atoms with E-state index in [1.807, 2.05) is 45.3 Å². The summed E-state index contributed by atoms with van der Waals surface area (Å²) < 4.78 is 5.13. The van der Waals surface area contributed by atoms with Crippen molar-refractivity contribution in [3.63, 3.8) is 0 Å². The van der Waals surface area contributed by atoms with Crippen LogP contribution >= 0.6 is 0 Å². The summed E-state index contributed by atoms with van der Waals surface area (Å²) in [6.07, 6.45) is 11.8. The van der Waals surface area contributed by atoms with E-state index in [9.17, 15) is 9.59 Å². The molecule has 0 bridgehead atoms. The highest BCUT2D eigenvalue weighted by molar-refractivity contribution is 6.13. The molecular formula is C40H64AlN2O4. The molecule has 0 aromatic heterocycles. The molecule has 0 unspecified atom stereocenters. The lowest BCUT2D eigenvalue weighted by atomic mass is 9.73. The molecule has 0 atom stereocenters. The first kappa shape index (κ1) is 44.3. The molecular weight excluding hydrogens is 599 g/mol. The van der Waals surface area contributed by atoms with E-state index >= 15 is 0 Å². The number of aliphatic hydroxyl groups is 1. The lowest BCUT2D eigenvalue weighted by Crippen LogP contribution is -2.27. The molecule has 6 nitrogen and oxygen atoms in total. The summed E-state index contributed by atoms with van der Waals surface area (Å²) in [5.41, 5.74) is 5.32. The van der Waals surface area contributed by atoms with Crippen molar-refractivity contribution in [3.05, 3.63) is 81.7 Å². The van der Waals surface area contributed by atoms with Gasteiger partial charge in [0.1, 0.15) is 5.60 Å². The average Bonchev–Trinajstić information content (AvgIpc) is 2.84. The minimum absolute atomic E-state index is 0. The first-order valence-corrected chi connectivity index (χ1v) is 16.5. The van der Waals surface area contributed by atoms with Crippen LogP contribution in [0, 0.1) is 21.7 Å². The molecule has 0 aromatic carbocycles. The Kier molecular flexibility index (Phi) is 15.6. The highest BCUT2D eigenvalue weighted by atomic mass is 27.0. The van der Waals surface area contributed by atoms with Crippen LogP contribution in [-0.2, 0) is 14.3 Å². The van der Waals surface area contributed by atoms with Gasteiger partial charge in [0.05, 0.1) is 0 Å². The van der Waals surface area contributed by atoms with Gasteiger partial charge in [-0.3, -0.25) is 9.59 Å². The van der Waals surface area contributed by atoms with Gasteiger partial charge in [-0.05, 0) is 79.6 Å². The fraction of sp³-hybridized carbons (Fsp3) is 0.600. The SMILES string of the molecule is CC(C)(C)C1=C/C(=C/NCCN/C=C2/C=C(C(C)(C)C)C=C(C(C)(C)C)C2=O)C(=O)C(C(C)(C)C)=C1.CC(C)=C(O)OC(C)(C)C.[Al]. The molecule has 7 heteroatoms. The summed E-state index contributed by atoms with van der Waals surface area (Å²) in [6.45, 7) is 36.0. The fourth-order valence-electron chi connectivity index (χ4n) is 4.40. The van der Waals surface area contributed by atoms with Gasteiger partial charge in [0.2, 0.25) is 0 Å². The Bertz CT molecular complexity index is 1270. The van der Waals surface area contributed by atoms with Crippen LogP contribution < -0.4 is 10.6 Å². The number of aliphatic hydroxyl groups excluding tert-OH is 1. The standard InChI is InChI=1S/C32H48N2O2.C8H16O2.Al/c1-29(2,3)23-15-21(27(35)25(17-23)31(7,8)9)19-33-13-14-34-20-22-16-24(30(4,5)6)18-26(28(22)36)32(10,11)12;1-6(2)7(9)10-8(3,4)5;/h15-20,33-34H,13-14H2,1-12H3;9H,1-5H3;/b21-19-,22-20-;;. The molecule has 0 aliphatic heterocycles. The zero-order chi connectivity index (χ0) is 36.1. The van der Waals surface area contributed by atoms with E-state index in [2.05, 4.69) is 106 Å². The van der Waals surface area contributed by atoms with E-state index in [4.69, 9.17) is 9.84 Å². The largest absolute Gasteiger partial charge is 0.481 e. The van der Waals surface area contributed by atoms with Gasteiger partial charge in [-0.25, -0.2) is 0 Å². The average molecular weight is 664 g/mol. The van der Waals surface area contributed by atoms with Gasteiger partial charge >= 0.3 is 0 Å². The summed E-state index contributed by atoms with van der Waals surface area (Å²) in [5, 5.41) is 15.7. The Balaban J connectivity index is 0.00000166. The van der Waals surface area contributed by atoms with Gasteiger partial charge < -0.3 is 20.5 Å². The maximum atomic E-state index is 13.1. The van der Waals surface area contributed by atoms with Gasteiger partial charge in [-0.15, -0.1) is 0 Å². The molecule has 2 aliphatic rings. The van der Waals surface area contributed by atoms with Crippen LogP contribution in [0.2, 0.25) is 0 Å². The van der Waals surface area contributed by atoms with Gasteiger partial charge in [0, 0.05) is 70.7 Å². The van der Waals surface area contributed by atoms with E-state index < -0.39 is 0 Å². The first-order valence-electron chi connectivity index (χ1n) is 16.5. The maximum absolute atomic E-state index is 13.1. The predicted octanol–water partition coefficient (Wildman–Crippen LogP) is 9.22. The van der Waals surface area contributed by atoms with Crippen molar-refractivity contribution in [2.45, 2.75) is 123 Å². The second-order valence-electron chi connectivity index (χ2n) is 17.6. The zero-order valence-electron chi connectivity index (χ0n) is 32.6. The number of hydrogen-bond acceptors (Lipinski definition) is 6. The number of carbonyl (C=O) groups is 2. The summed E-state index contributed by atoms with van der Waals surface area (Å²) in [7, 11) is 0. The van der Waals surface area contributed by atoms with Crippen LogP contribution in [0.25, 0.3) is 0 Å². The zero-order valence-corrected chi connectivity index (χ0v) is 33.8. The maximum Gasteiger partial charge on any atom is 0.275 e. The highest BCUT2D eigenvalue weighted by Crippen LogP contribution is 2.39. The molecule has 0 saturated heterocycles. The molecule has 0 saturated carbocycles. The topological polar surface area (TPSA) is 87.7 Å². The molecule has 2 aliphatic carbocycles. The summed E-state index contributed by atoms with van der Waals surface area (Å²) >= 11 is 0. The Morgan fingerprint density at radius 3 is 1.15 bits per heavy atom. The van der Waals surface area contributed by atoms with E-state index in [1.54, 1.807) is 13.8 Å². The van der Waals surface area contributed by atoms with Gasteiger partial charge in [-0.1, -0.05) is 95.2 Å². The second kappa shape index (κ2) is 16.6. The minimum Gasteiger partial charge on any atom is -0.481 e.